The van der Waals surface area contributed by atoms with Gasteiger partial charge >= 0.3 is 0 Å². The summed E-state index contributed by atoms with van der Waals surface area (Å²) in [7, 11) is 0. The number of amidine groups is 2. The van der Waals surface area contributed by atoms with Gasteiger partial charge in [-0.25, -0.2) is 0 Å². The lowest BCUT2D eigenvalue weighted by atomic mass is 10.1. The summed E-state index contributed by atoms with van der Waals surface area (Å²) >= 11 is 1.25. The van der Waals surface area contributed by atoms with Gasteiger partial charge in [0.2, 0.25) is 12.0 Å². The first-order valence-corrected chi connectivity index (χ1v) is 12.3. The van der Waals surface area contributed by atoms with Crippen LogP contribution in [0.5, 0.6) is 11.5 Å². The Bertz CT molecular complexity index is 1710. The minimum Gasteiger partial charge on any atom is -0.454 e. The highest BCUT2D eigenvalue weighted by molar-refractivity contribution is 8.27. The van der Waals surface area contributed by atoms with Crippen molar-refractivity contribution in [1.82, 2.24) is 14.6 Å². The number of aliphatic imine (C=N–C) groups is 1. The molecule has 3 aliphatic rings. The number of fused-ring (bicyclic) bond motifs is 3. The number of hydrogen-bond acceptors (Lipinski definition) is 7. The Morgan fingerprint density at radius 3 is 2.86 bits per heavy atom. The number of para-hydroxylation sites is 1. The third kappa shape index (κ3) is 3.69. The fraction of sp³-hybridized carbons (Fsp3) is 0.0741. The standard InChI is InChI=1S/C27H18N6O3S/c28-24-20(25(34)30-27-33(24)31-26(37-27)17-4-3-9-29-12-17)11-18-14-32(21-6-2-1-5-19(18)21)13-16-7-8-22-23(10-16)36-15-35-22/h1-12,14,28H,13,15H2/b20-11-,28-24?. The molecule has 0 aliphatic carbocycles. The molecule has 3 aliphatic heterocycles. The second kappa shape index (κ2) is 8.45. The Labute approximate surface area is 215 Å². The normalized spacial score (nSPS) is 17.4. The van der Waals surface area contributed by atoms with E-state index in [1.165, 1.54) is 16.8 Å². The molecule has 1 N–H and O–H groups in total. The predicted molar refractivity (Wildman–Crippen MR) is 142 cm³/mol. The number of nitrogens with one attached hydrogen (secondary N) is 1. The van der Waals surface area contributed by atoms with E-state index >= 15 is 0 Å². The Kier molecular flexibility index (Phi) is 4.93. The minimum absolute atomic E-state index is 0.00556. The molecule has 37 heavy (non-hydrogen) atoms. The van der Waals surface area contributed by atoms with Gasteiger partial charge < -0.3 is 14.0 Å². The molecule has 180 valence electrons. The van der Waals surface area contributed by atoms with Gasteiger partial charge in [0, 0.05) is 47.2 Å². The first kappa shape index (κ1) is 21.6. The molecule has 0 bridgehead atoms. The summed E-state index contributed by atoms with van der Waals surface area (Å²) in [6.45, 7) is 0.839. The number of aromatic nitrogens is 2. The van der Waals surface area contributed by atoms with E-state index < -0.39 is 5.91 Å². The van der Waals surface area contributed by atoms with E-state index in [1.807, 2.05) is 60.8 Å². The Morgan fingerprint density at radius 1 is 1.08 bits per heavy atom. The molecule has 0 radical (unpaired) electrons. The summed E-state index contributed by atoms with van der Waals surface area (Å²) < 4.78 is 13.1. The molecular formula is C27H18N6O3S. The van der Waals surface area contributed by atoms with Crippen molar-refractivity contribution in [2.24, 2.45) is 10.1 Å². The van der Waals surface area contributed by atoms with Crippen LogP contribution in [0.1, 0.15) is 16.7 Å². The second-order valence-electron chi connectivity index (χ2n) is 8.58. The SMILES string of the molecule is N=C1/C(=C/c2cn(Cc3ccc4c(c3)OCO4)c3ccccc23)C(=O)N=C2SC(c3cccnc3)=NN12. The summed E-state index contributed by atoms with van der Waals surface area (Å²) in [4.78, 5) is 21.4. The number of hydrogen-bond donors (Lipinski definition) is 1. The van der Waals surface area contributed by atoms with Crippen molar-refractivity contribution >= 4 is 50.7 Å². The van der Waals surface area contributed by atoms with Crippen molar-refractivity contribution in [3.05, 3.63) is 95.5 Å². The number of carbonyl (C=O) groups excluding carboxylic acids is 1. The van der Waals surface area contributed by atoms with E-state index in [4.69, 9.17) is 14.9 Å². The van der Waals surface area contributed by atoms with Crippen molar-refractivity contribution in [2.45, 2.75) is 6.54 Å². The monoisotopic (exact) mass is 506 g/mol. The third-order valence-corrected chi connectivity index (χ3v) is 7.23. The van der Waals surface area contributed by atoms with Gasteiger partial charge in [0.25, 0.3) is 5.91 Å². The lowest BCUT2D eigenvalue weighted by Crippen LogP contribution is -2.35. The average molecular weight is 507 g/mol. The van der Waals surface area contributed by atoms with Gasteiger partial charge in [0.15, 0.2) is 17.3 Å². The molecular weight excluding hydrogens is 488 g/mol. The first-order valence-electron chi connectivity index (χ1n) is 11.5. The molecule has 5 heterocycles. The maximum atomic E-state index is 13.0. The smallest absolute Gasteiger partial charge is 0.283 e. The topological polar surface area (TPSA) is 105 Å². The molecule has 9 nitrogen and oxygen atoms in total. The van der Waals surface area contributed by atoms with E-state index in [1.54, 1.807) is 18.5 Å². The number of thioether (sulfide) groups is 1. The zero-order valence-electron chi connectivity index (χ0n) is 19.3. The molecule has 10 heteroatoms. The Balaban J connectivity index is 1.25. The van der Waals surface area contributed by atoms with Crippen LogP contribution in [0.25, 0.3) is 17.0 Å². The van der Waals surface area contributed by atoms with Crippen LogP contribution in [0.15, 0.2) is 88.9 Å². The zero-order chi connectivity index (χ0) is 24.9. The predicted octanol–water partition coefficient (Wildman–Crippen LogP) is 4.48. The van der Waals surface area contributed by atoms with Crippen molar-refractivity contribution < 1.29 is 14.3 Å². The summed E-state index contributed by atoms with van der Waals surface area (Å²) in [6, 6.07) is 17.6. The number of amides is 1. The van der Waals surface area contributed by atoms with Gasteiger partial charge in [0.05, 0.1) is 5.57 Å². The molecule has 0 atom stereocenters. The minimum atomic E-state index is -0.459. The fourth-order valence-electron chi connectivity index (χ4n) is 4.51. The molecule has 0 saturated carbocycles. The van der Waals surface area contributed by atoms with Gasteiger partial charge in [-0.2, -0.15) is 15.1 Å². The molecule has 2 aromatic heterocycles. The van der Waals surface area contributed by atoms with E-state index in [2.05, 4.69) is 19.6 Å². The summed E-state index contributed by atoms with van der Waals surface area (Å²) in [6.07, 6.45) is 7.10. The highest BCUT2D eigenvalue weighted by Crippen LogP contribution is 2.34. The van der Waals surface area contributed by atoms with Crippen molar-refractivity contribution in [2.75, 3.05) is 6.79 Å². The van der Waals surface area contributed by atoms with Gasteiger partial charge in [-0.1, -0.05) is 24.3 Å². The third-order valence-electron chi connectivity index (χ3n) is 6.27. The molecule has 7 rings (SSSR count). The quantitative estimate of drug-likeness (QED) is 0.409. The summed E-state index contributed by atoms with van der Waals surface area (Å²) in [5.74, 6) is 1.02. The van der Waals surface area contributed by atoms with Gasteiger partial charge in [-0.3, -0.25) is 15.2 Å². The van der Waals surface area contributed by atoms with Crippen LogP contribution in [0, 0.1) is 5.41 Å². The fourth-order valence-corrected chi connectivity index (χ4v) is 5.39. The van der Waals surface area contributed by atoms with E-state index in [0.717, 1.165) is 39.1 Å². The Hall–Kier alpha value is -4.70. The van der Waals surface area contributed by atoms with Crippen LogP contribution in [0.3, 0.4) is 0 Å². The molecule has 2 aromatic carbocycles. The largest absolute Gasteiger partial charge is 0.454 e. The summed E-state index contributed by atoms with van der Waals surface area (Å²) in [5.41, 5.74) is 3.89. The molecule has 0 fully saturated rings. The van der Waals surface area contributed by atoms with Crippen LogP contribution in [-0.2, 0) is 11.3 Å². The second-order valence-corrected chi connectivity index (χ2v) is 9.54. The van der Waals surface area contributed by atoms with Crippen molar-refractivity contribution in [1.29, 1.82) is 5.41 Å². The lowest BCUT2D eigenvalue weighted by Gasteiger charge is -2.20. The number of pyridine rings is 1. The maximum absolute atomic E-state index is 13.0. The zero-order valence-corrected chi connectivity index (χ0v) is 20.1. The molecule has 0 unspecified atom stereocenters. The number of nitrogens with zero attached hydrogens (tertiary/aromatic N) is 5. The summed E-state index contributed by atoms with van der Waals surface area (Å²) in [5, 5.41) is 16.7. The van der Waals surface area contributed by atoms with Crippen LogP contribution in [0.4, 0.5) is 0 Å². The van der Waals surface area contributed by atoms with E-state index in [0.29, 0.717) is 16.8 Å². The molecule has 0 spiro atoms. The van der Waals surface area contributed by atoms with Gasteiger partial charge in [-0.15, -0.1) is 0 Å². The number of hydrazone groups is 1. The number of carbonyl (C=O) groups is 1. The van der Waals surface area contributed by atoms with Crippen LogP contribution in [0.2, 0.25) is 0 Å². The average Bonchev–Trinajstić information content (AvgIpc) is 3.65. The molecule has 0 saturated heterocycles. The van der Waals surface area contributed by atoms with Gasteiger partial charge in [0.1, 0.15) is 5.04 Å². The van der Waals surface area contributed by atoms with E-state index in [9.17, 15) is 4.79 Å². The number of rotatable bonds is 4. The molecule has 4 aromatic rings. The highest BCUT2D eigenvalue weighted by Gasteiger charge is 2.36. The maximum Gasteiger partial charge on any atom is 0.283 e. The van der Waals surface area contributed by atoms with E-state index in [-0.39, 0.29) is 18.2 Å². The lowest BCUT2D eigenvalue weighted by molar-refractivity contribution is -0.114. The first-order chi connectivity index (χ1) is 18.1. The highest BCUT2D eigenvalue weighted by atomic mass is 32.2. The Morgan fingerprint density at radius 2 is 1.97 bits per heavy atom. The van der Waals surface area contributed by atoms with Crippen LogP contribution in [-0.4, -0.2) is 43.3 Å². The molecule has 1 amide bonds. The van der Waals surface area contributed by atoms with Crippen molar-refractivity contribution in [3.8, 4) is 11.5 Å². The van der Waals surface area contributed by atoms with Crippen LogP contribution < -0.4 is 9.47 Å². The van der Waals surface area contributed by atoms with Crippen molar-refractivity contribution in [3.63, 3.8) is 0 Å². The number of benzene rings is 2. The van der Waals surface area contributed by atoms with Crippen LogP contribution >= 0.6 is 11.8 Å². The van der Waals surface area contributed by atoms with Gasteiger partial charge in [-0.05, 0) is 53.7 Å². The number of ether oxygens (including phenoxy) is 2.